The van der Waals surface area contributed by atoms with Gasteiger partial charge in [-0.05, 0) is 23.1 Å². The second-order valence-electron chi connectivity index (χ2n) is 7.20. The van der Waals surface area contributed by atoms with Crippen LogP contribution in [0.4, 0.5) is 0 Å². The van der Waals surface area contributed by atoms with Gasteiger partial charge in [0.1, 0.15) is 11.5 Å². The van der Waals surface area contributed by atoms with Crippen LogP contribution in [0.2, 0.25) is 0 Å². The van der Waals surface area contributed by atoms with Gasteiger partial charge in [0.2, 0.25) is 0 Å². The first-order chi connectivity index (χ1) is 9.70. The Morgan fingerprint density at radius 3 is 2.48 bits per heavy atom. The first-order valence-electron chi connectivity index (χ1n) is 7.22. The molecule has 1 aromatic rings. The van der Waals surface area contributed by atoms with Crippen molar-refractivity contribution in [2.24, 2.45) is 10.8 Å². The monoisotopic (exact) mass is 288 g/mol. The van der Waals surface area contributed by atoms with E-state index in [0.717, 1.165) is 17.6 Å². The minimum Gasteiger partial charge on any atom is -0.496 e. The fourth-order valence-electron chi connectivity index (χ4n) is 3.24. The average Bonchev–Trinajstić information content (AvgIpc) is 2.73. The first-order valence-corrected chi connectivity index (χ1v) is 7.22. The fraction of sp³-hybridized carbons (Fsp3) is 0.500. The Morgan fingerprint density at radius 1 is 1.29 bits per heavy atom. The lowest BCUT2D eigenvalue weighted by molar-refractivity contribution is 0.112. The molecule has 0 saturated heterocycles. The van der Waals surface area contributed by atoms with Gasteiger partial charge in [-0.3, -0.25) is 4.79 Å². The van der Waals surface area contributed by atoms with Gasteiger partial charge in [0.15, 0.2) is 6.29 Å². The molecule has 0 aliphatic carbocycles. The highest BCUT2D eigenvalue weighted by Gasteiger charge is 2.41. The second kappa shape index (κ2) is 5.21. The van der Waals surface area contributed by atoms with E-state index in [1.807, 2.05) is 12.1 Å². The van der Waals surface area contributed by atoms with Crippen molar-refractivity contribution >= 4 is 12.0 Å². The lowest BCUT2D eigenvalue weighted by Crippen LogP contribution is -2.24. The number of methoxy groups -OCH3 is 1. The van der Waals surface area contributed by atoms with Gasteiger partial charge in [-0.2, -0.15) is 0 Å². The molecule has 21 heavy (non-hydrogen) atoms. The SMILES string of the molecule is COc1cc(C2=C(C(C)(C)C)C(C)(C)CO2)ccc1C=O. The molecule has 114 valence electrons. The number of hydrogen-bond acceptors (Lipinski definition) is 3. The topological polar surface area (TPSA) is 35.5 Å². The number of ether oxygens (including phenoxy) is 2. The molecule has 3 nitrogen and oxygen atoms in total. The Hall–Kier alpha value is -1.77. The number of aldehydes is 1. The van der Waals surface area contributed by atoms with Crippen molar-refractivity contribution in [1.29, 1.82) is 0 Å². The van der Waals surface area contributed by atoms with Crippen LogP contribution < -0.4 is 4.74 Å². The number of hydrogen-bond donors (Lipinski definition) is 0. The summed E-state index contributed by atoms with van der Waals surface area (Å²) in [6.45, 7) is 11.7. The lowest BCUT2D eigenvalue weighted by Gasteiger charge is -2.30. The standard InChI is InChI=1S/C18H24O3/c1-17(2,3)16-15(21-11-18(16,4)5)12-7-8-13(10-19)14(9-12)20-6/h7-10H,11H2,1-6H3. The molecule has 0 N–H and O–H groups in total. The number of carbonyl (C=O) groups excluding carboxylic acids is 1. The van der Waals surface area contributed by atoms with Gasteiger partial charge >= 0.3 is 0 Å². The van der Waals surface area contributed by atoms with E-state index >= 15 is 0 Å². The third kappa shape index (κ3) is 2.82. The molecule has 0 saturated carbocycles. The summed E-state index contributed by atoms with van der Waals surface area (Å²) in [5.74, 6) is 1.50. The molecule has 1 aromatic carbocycles. The summed E-state index contributed by atoms with van der Waals surface area (Å²) >= 11 is 0. The summed E-state index contributed by atoms with van der Waals surface area (Å²) in [5, 5.41) is 0. The van der Waals surface area contributed by atoms with Gasteiger partial charge in [-0.15, -0.1) is 0 Å². The third-order valence-corrected chi connectivity index (χ3v) is 3.85. The normalized spacial score (nSPS) is 17.6. The van der Waals surface area contributed by atoms with Crippen molar-refractivity contribution < 1.29 is 14.3 Å². The van der Waals surface area contributed by atoms with E-state index in [1.54, 1.807) is 13.2 Å². The summed E-state index contributed by atoms with van der Waals surface area (Å²) in [7, 11) is 1.57. The molecular weight excluding hydrogens is 264 g/mol. The maximum atomic E-state index is 11.0. The molecule has 0 atom stereocenters. The zero-order valence-corrected chi connectivity index (χ0v) is 13.7. The van der Waals surface area contributed by atoms with Gasteiger partial charge in [-0.1, -0.05) is 40.7 Å². The van der Waals surface area contributed by atoms with E-state index in [9.17, 15) is 4.79 Å². The maximum absolute atomic E-state index is 11.0. The van der Waals surface area contributed by atoms with Gasteiger partial charge in [0.05, 0.1) is 19.3 Å². The molecule has 0 aromatic heterocycles. The smallest absolute Gasteiger partial charge is 0.153 e. The van der Waals surface area contributed by atoms with E-state index in [1.165, 1.54) is 5.57 Å². The van der Waals surface area contributed by atoms with Crippen molar-refractivity contribution in [2.75, 3.05) is 13.7 Å². The van der Waals surface area contributed by atoms with Crippen LogP contribution in [-0.4, -0.2) is 20.0 Å². The Kier molecular flexibility index (Phi) is 3.87. The van der Waals surface area contributed by atoms with Gasteiger partial charge in [0, 0.05) is 11.0 Å². The van der Waals surface area contributed by atoms with Crippen molar-refractivity contribution in [3.05, 3.63) is 34.9 Å². The molecule has 0 unspecified atom stereocenters. The Balaban J connectivity index is 2.61. The minimum atomic E-state index is 0.00412. The van der Waals surface area contributed by atoms with Crippen LogP contribution in [-0.2, 0) is 4.74 Å². The van der Waals surface area contributed by atoms with E-state index in [-0.39, 0.29) is 10.8 Å². The molecule has 1 aliphatic rings. The van der Waals surface area contributed by atoms with Gasteiger partial charge in [-0.25, -0.2) is 0 Å². The molecule has 2 rings (SSSR count). The van der Waals surface area contributed by atoms with Gasteiger partial charge in [0.25, 0.3) is 0 Å². The minimum absolute atomic E-state index is 0.00412. The highest BCUT2D eigenvalue weighted by atomic mass is 16.5. The lowest BCUT2D eigenvalue weighted by atomic mass is 9.71. The Bertz CT molecular complexity index is 589. The van der Waals surface area contributed by atoms with Crippen LogP contribution in [0.5, 0.6) is 5.75 Å². The van der Waals surface area contributed by atoms with Crippen molar-refractivity contribution in [1.82, 2.24) is 0 Å². The highest BCUT2D eigenvalue weighted by molar-refractivity contribution is 5.81. The molecule has 3 heteroatoms. The number of benzene rings is 1. The first kappa shape index (κ1) is 15.6. The molecule has 0 bridgehead atoms. The third-order valence-electron chi connectivity index (χ3n) is 3.85. The van der Waals surface area contributed by atoms with Crippen LogP contribution in [0.1, 0.15) is 50.5 Å². The Labute approximate surface area is 127 Å². The summed E-state index contributed by atoms with van der Waals surface area (Å²) in [4.78, 5) is 11.0. The van der Waals surface area contributed by atoms with Gasteiger partial charge < -0.3 is 9.47 Å². The molecule has 0 radical (unpaired) electrons. The summed E-state index contributed by atoms with van der Waals surface area (Å²) in [6, 6.07) is 5.59. The zero-order chi connectivity index (χ0) is 15.8. The van der Waals surface area contributed by atoms with Crippen molar-refractivity contribution in [2.45, 2.75) is 34.6 Å². The van der Waals surface area contributed by atoms with Crippen LogP contribution in [0, 0.1) is 10.8 Å². The van der Waals surface area contributed by atoms with Crippen molar-refractivity contribution in [3.63, 3.8) is 0 Å². The quantitative estimate of drug-likeness (QED) is 0.777. The van der Waals surface area contributed by atoms with E-state index < -0.39 is 0 Å². The zero-order valence-electron chi connectivity index (χ0n) is 13.7. The number of carbonyl (C=O) groups is 1. The van der Waals surface area contributed by atoms with E-state index in [2.05, 4.69) is 34.6 Å². The van der Waals surface area contributed by atoms with Crippen LogP contribution in [0.3, 0.4) is 0 Å². The molecule has 0 fully saturated rings. The number of rotatable bonds is 3. The molecule has 1 aliphatic heterocycles. The molecule has 1 heterocycles. The van der Waals surface area contributed by atoms with Crippen LogP contribution >= 0.6 is 0 Å². The molecular formula is C18H24O3. The maximum Gasteiger partial charge on any atom is 0.153 e. The fourth-order valence-corrected chi connectivity index (χ4v) is 3.24. The second-order valence-corrected chi connectivity index (χ2v) is 7.20. The van der Waals surface area contributed by atoms with E-state index in [4.69, 9.17) is 9.47 Å². The summed E-state index contributed by atoms with van der Waals surface area (Å²) < 4.78 is 11.3. The predicted octanol–water partition coefficient (Wildman–Crippen LogP) is 4.32. The van der Waals surface area contributed by atoms with Crippen molar-refractivity contribution in [3.8, 4) is 5.75 Å². The van der Waals surface area contributed by atoms with Crippen LogP contribution in [0.15, 0.2) is 23.8 Å². The predicted molar refractivity (Wildman–Crippen MR) is 84.5 cm³/mol. The summed E-state index contributed by atoms with van der Waals surface area (Å²) in [6.07, 6.45) is 0.807. The van der Waals surface area contributed by atoms with E-state index in [0.29, 0.717) is 17.9 Å². The Morgan fingerprint density at radius 2 is 1.95 bits per heavy atom. The highest BCUT2D eigenvalue weighted by Crippen LogP contribution is 2.49. The molecule has 0 amide bonds. The largest absolute Gasteiger partial charge is 0.496 e. The van der Waals surface area contributed by atoms with Crippen LogP contribution in [0.25, 0.3) is 5.76 Å². The molecule has 0 spiro atoms. The average molecular weight is 288 g/mol. The summed E-state index contributed by atoms with van der Waals surface area (Å²) in [5.41, 5.74) is 2.84.